The zero-order valence-corrected chi connectivity index (χ0v) is 17.8. The van der Waals surface area contributed by atoms with E-state index in [-0.39, 0.29) is 0 Å². The molecular weight excluding hydrogens is 412 g/mol. The zero-order chi connectivity index (χ0) is 21.7. The molecule has 0 bridgehead atoms. The van der Waals surface area contributed by atoms with E-state index in [1.54, 1.807) is 12.3 Å². The van der Waals surface area contributed by atoms with Crippen LogP contribution in [0.25, 0.3) is 22.6 Å². The van der Waals surface area contributed by atoms with Crippen LogP contribution in [0.5, 0.6) is 0 Å². The Morgan fingerprint density at radius 2 is 1.87 bits per heavy atom. The Bertz CT molecular complexity index is 1370. The fraction of sp³-hybridized carbons (Fsp3) is 0.125. The number of nitrogens with zero attached hydrogens (tertiary/aromatic N) is 4. The van der Waals surface area contributed by atoms with Gasteiger partial charge in [-0.15, -0.1) is 0 Å². The summed E-state index contributed by atoms with van der Waals surface area (Å²) in [6, 6.07) is 15.4. The van der Waals surface area contributed by atoms with E-state index in [1.165, 1.54) is 0 Å². The molecule has 0 spiro atoms. The third kappa shape index (κ3) is 3.25. The first-order chi connectivity index (χ1) is 14.9. The summed E-state index contributed by atoms with van der Waals surface area (Å²) in [7, 11) is 3.91. The highest BCUT2D eigenvalue weighted by atomic mass is 35.5. The van der Waals surface area contributed by atoms with Crippen LogP contribution in [0.2, 0.25) is 5.02 Å². The molecule has 2 heterocycles. The fourth-order valence-electron chi connectivity index (χ4n) is 4.17. The number of anilines is 2. The Labute approximate surface area is 184 Å². The number of pyridine rings is 1. The Morgan fingerprint density at radius 1 is 1.13 bits per heavy atom. The third-order valence-electron chi connectivity index (χ3n) is 5.72. The van der Waals surface area contributed by atoms with Crippen molar-refractivity contribution in [1.29, 1.82) is 0 Å². The summed E-state index contributed by atoms with van der Waals surface area (Å²) in [6.07, 6.45) is 4.03. The summed E-state index contributed by atoms with van der Waals surface area (Å²) in [5.74, 6) is -0.932. The molecule has 31 heavy (non-hydrogen) atoms. The van der Waals surface area contributed by atoms with E-state index >= 15 is 0 Å². The first-order valence-corrected chi connectivity index (χ1v) is 10.2. The number of rotatable bonds is 4. The largest absolute Gasteiger partial charge is 0.478 e. The summed E-state index contributed by atoms with van der Waals surface area (Å²) < 4.78 is 1.86. The first-order valence-electron chi connectivity index (χ1n) is 9.80. The van der Waals surface area contributed by atoms with E-state index in [4.69, 9.17) is 16.7 Å². The standard InChI is InChI=1S/C24H19ClN4O2/c1-28(16-5-3-15(25)4-6-16)17-7-8-19-22(13-17)27-29(2)23(19)14-11-20-18(24(30)31)9-10-26-21(20)12-14/h3-10,12-13H,11H2,1-2H3,(H,30,31). The van der Waals surface area contributed by atoms with Gasteiger partial charge in [0.1, 0.15) is 0 Å². The van der Waals surface area contributed by atoms with Crippen molar-refractivity contribution >= 4 is 51.5 Å². The van der Waals surface area contributed by atoms with Crippen molar-refractivity contribution < 1.29 is 9.90 Å². The highest BCUT2D eigenvalue weighted by molar-refractivity contribution is 6.30. The van der Waals surface area contributed by atoms with E-state index in [9.17, 15) is 9.90 Å². The smallest absolute Gasteiger partial charge is 0.336 e. The molecule has 0 unspecified atom stereocenters. The van der Waals surface area contributed by atoms with Crippen LogP contribution in [-0.4, -0.2) is 32.9 Å². The Morgan fingerprint density at radius 3 is 2.61 bits per heavy atom. The first kappa shape index (κ1) is 19.3. The maximum Gasteiger partial charge on any atom is 0.336 e. The molecule has 0 fully saturated rings. The van der Waals surface area contributed by atoms with Crippen molar-refractivity contribution in [3.8, 4) is 0 Å². The van der Waals surface area contributed by atoms with Crippen LogP contribution >= 0.6 is 11.6 Å². The lowest BCUT2D eigenvalue weighted by Crippen LogP contribution is -2.08. The predicted octanol–water partition coefficient (Wildman–Crippen LogP) is 5.18. The molecule has 4 aromatic rings. The number of benzene rings is 2. The molecule has 0 amide bonds. The monoisotopic (exact) mass is 430 g/mol. The minimum atomic E-state index is -0.932. The molecule has 1 aliphatic rings. The number of fused-ring (bicyclic) bond motifs is 2. The van der Waals surface area contributed by atoms with Gasteiger partial charge in [0.25, 0.3) is 0 Å². The van der Waals surface area contributed by atoms with Gasteiger partial charge in [0.15, 0.2) is 0 Å². The van der Waals surface area contributed by atoms with E-state index in [0.29, 0.717) is 22.7 Å². The van der Waals surface area contributed by atoms with Crippen molar-refractivity contribution in [3.05, 3.63) is 82.3 Å². The molecule has 0 radical (unpaired) electrons. The van der Waals surface area contributed by atoms with Crippen molar-refractivity contribution in [1.82, 2.24) is 14.8 Å². The number of aryl methyl sites for hydroxylation is 1. The quantitative estimate of drug-likeness (QED) is 0.482. The Balaban J connectivity index is 1.53. The lowest BCUT2D eigenvalue weighted by atomic mass is 10.0. The number of aromatic nitrogens is 3. The van der Waals surface area contributed by atoms with Gasteiger partial charge in [-0.3, -0.25) is 9.67 Å². The van der Waals surface area contributed by atoms with Crippen LogP contribution in [-0.2, 0) is 13.5 Å². The van der Waals surface area contributed by atoms with Crippen LogP contribution in [0, 0.1) is 0 Å². The van der Waals surface area contributed by atoms with Gasteiger partial charge in [-0.05, 0) is 65.7 Å². The molecule has 0 saturated carbocycles. The van der Waals surface area contributed by atoms with Crippen molar-refractivity contribution in [3.63, 3.8) is 0 Å². The maximum absolute atomic E-state index is 11.6. The molecule has 2 aromatic carbocycles. The number of carbonyl (C=O) groups is 1. The van der Waals surface area contributed by atoms with E-state index in [1.807, 2.05) is 49.1 Å². The van der Waals surface area contributed by atoms with E-state index in [0.717, 1.165) is 39.1 Å². The number of allylic oxidation sites excluding steroid dienone is 1. The van der Waals surface area contributed by atoms with Gasteiger partial charge in [0, 0.05) is 48.5 Å². The van der Waals surface area contributed by atoms with Crippen LogP contribution in [0.15, 0.2) is 54.7 Å². The van der Waals surface area contributed by atoms with Crippen LogP contribution in [0.3, 0.4) is 0 Å². The van der Waals surface area contributed by atoms with Gasteiger partial charge >= 0.3 is 5.97 Å². The SMILES string of the molecule is CN(c1ccc(Cl)cc1)c1ccc2c(C3=Cc4nccc(C(=O)O)c4C3)n(C)nc2c1. The van der Waals surface area contributed by atoms with Crippen molar-refractivity contribution in [2.24, 2.45) is 7.05 Å². The molecule has 5 rings (SSSR count). The summed E-state index contributed by atoms with van der Waals surface area (Å²) >= 11 is 6.01. The molecule has 2 aromatic heterocycles. The average Bonchev–Trinajstić information content (AvgIpc) is 3.32. The van der Waals surface area contributed by atoms with Gasteiger partial charge in [0.2, 0.25) is 0 Å². The Kier molecular flexibility index (Phi) is 4.52. The van der Waals surface area contributed by atoms with Gasteiger partial charge in [-0.2, -0.15) is 5.10 Å². The average molecular weight is 431 g/mol. The van der Waals surface area contributed by atoms with Gasteiger partial charge in [-0.25, -0.2) is 4.79 Å². The summed E-state index contributed by atoms with van der Waals surface area (Å²) in [5.41, 5.74) is 6.67. The van der Waals surface area contributed by atoms with Crippen LogP contribution in [0.1, 0.15) is 27.3 Å². The van der Waals surface area contributed by atoms with Crippen LogP contribution < -0.4 is 4.90 Å². The lowest BCUT2D eigenvalue weighted by molar-refractivity contribution is 0.0695. The number of hydrogen-bond donors (Lipinski definition) is 1. The Hall–Kier alpha value is -3.64. The second-order valence-electron chi connectivity index (χ2n) is 7.58. The molecule has 0 aliphatic heterocycles. The second-order valence-corrected chi connectivity index (χ2v) is 8.02. The third-order valence-corrected chi connectivity index (χ3v) is 5.97. The summed E-state index contributed by atoms with van der Waals surface area (Å²) in [5, 5.41) is 15.9. The number of carboxylic acid groups (broad SMARTS) is 1. The molecular formula is C24H19ClN4O2. The number of carboxylic acids is 1. The number of hydrogen-bond acceptors (Lipinski definition) is 4. The van der Waals surface area contributed by atoms with Crippen molar-refractivity contribution in [2.45, 2.75) is 6.42 Å². The van der Waals surface area contributed by atoms with Gasteiger partial charge in [0.05, 0.1) is 22.5 Å². The molecule has 1 aliphatic carbocycles. The molecule has 6 nitrogen and oxygen atoms in total. The molecule has 7 heteroatoms. The summed E-state index contributed by atoms with van der Waals surface area (Å²) in [4.78, 5) is 18.0. The molecule has 154 valence electrons. The minimum Gasteiger partial charge on any atom is -0.478 e. The normalized spacial score (nSPS) is 12.7. The number of aromatic carboxylic acids is 1. The fourth-order valence-corrected chi connectivity index (χ4v) is 4.30. The molecule has 1 N–H and O–H groups in total. The highest BCUT2D eigenvalue weighted by Gasteiger charge is 2.24. The molecule has 0 atom stereocenters. The minimum absolute atomic E-state index is 0.301. The number of halogens is 1. The molecule has 0 saturated heterocycles. The summed E-state index contributed by atoms with van der Waals surface area (Å²) in [6.45, 7) is 0. The predicted molar refractivity (Wildman–Crippen MR) is 123 cm³/mol. The van der Waals surface area contributed by atoms with Crippen molar-refractivity contribution in [2.75, 3.05) is 11.9 Å². The highest BCUT2D eigenvalue weighted by Crippen LogP contribution is 2.37. The zero-order valence-electron chi connectivity index (χ0n) is 17.0. The van der Waals surface area contributed by atoms with Gasteiger partial charge < -0.3 is 10.0 Å². The maximum atomic E-state index is 11.6. The van der Waals surface area contributed by atoms with Crippen LogP contribution in [0.4, 0.5) is 11.4 Å². The second kappa shape index (κ2) is 7.25. The van der Waals surface area contributed by atoms with E-state index < -0.39 is 5.97 Å². The topological polar surface area (TPSA) is 71.2 Å². The lowest BCUT2D eigenvalue weighted by Gasteiger charge is -2.19. The van der Waals surface area contributed by atoms with Gasteiger partial charge in [-0.1, -0.05) is 11.6 Å². The van der Waals surface area contributed by atoms with E-state index in [2.05, 4.69) is 28.1 Å².